The van der Waals surface area contributed by atoms with Crippen molar-refractivity contribution in [2.45, 2.75) is 5.56 Å². The summed E-state index contributed by atoms with van der Waals surface area (Å²) in [6.45, 7) is 0. The Hall–Kier alpha value is -0.385. The van der Waals surface area contributed by atoms with E-state index in [9.17, 15) is 0 Å². The molecule has 7 heavy (non-hydrogen) atoms. The lowest BCUT2D eigenvalue weighted by atomic mass is 9.91. The van der Waals surface area contributed by atoms with Crippen LogP contribution in [0.1, 0.15) is 0 Å². The Kier molecular flexibility index (Phi) is 1.95. The lowest BCUT2D eigenvalue weighted by Crippen LogP contribution is -2.53. The van der Waals surface area contributed by atoms with E-state index in [1.54, 1.807) is 0 Å². The van der Waals surface area contributed by atoms with Crippen LogP contribution in [0, 0.1) is 5.41 Å². The van der Waals surface area contributed by atoms with Crippen molar-refractivity contribution < 1.29 is 5.21 Å². The van der Waals surface area contributed by atoms with E-state index in [-0.39, 0.29) is 0 Å². The summed E-state index contributed by atoms with van der Waals surface area (Å²) in [5, 5.41) is 14.4. The summed E-state index contributed by atoms with van der Waals surface area (Å²) in [5.41, 5.74) is 4.82. The molecule has 0 rings (SSSR count). The number of rotatable bonds is 2. The van der Waals surface area contributed by atoms with E-state index in [2.05, 4.69) is 0 Å². The number of nitrogens with two attached hydrogens (primary N) is 1. The van der Waals surface area contributed by atoms with Gasteiger partial charge in [-0.25, -0.2) is 0 Å². The van der Waals surface area contributed by atoms with Gasteiger partial charge in [0.1, 0.15) is 7.85 Å². The van der Waals surface area contributed by atoms with Gasteiger partial charge in [0, 0.05) is 6.21 Å². The number of hydrogen-bond acceptors (Lipinski definition) is 4. The minimum absolute atomic E-state index is 0.688. The topological polar surface area (TPSA) is 82.1 Å². The van der Waals surface area contributed by atoms with Gasteiger partial charge in [0.15, 0.2) is 0 Å². The molecule has 0 aliphatic heterocycles. The highest BCUT2D eigenvalue weighted by molar-refractivity contribution is 6.23. The van der Waals surface area contributed by atoms with Gasteiger partial charge >= 0.3 is 0 Å². The predicted molar refractivity (Wildman–Crippen MR) is 26.4 cm³/mol. The van der Waals surface area contributed by atoms with Crippen molar-refractivity contribution in [2.75, 3.05) is 0 Å². The summed E-state index contributed by atoms with van der Waals surface area (Å²) < 4.78 is 0. The molecule has 4 nitrogen and oxygen atoms in total. The Morgan fingerprint density at radius 1 is 2.00 bits per heavy atom. The molecule has 0 fully saturated rings. The minimum atomic E-state index is -1.57. The Labute approximate surface area is 42.6 Å². The third kappa shape index (κ3) is 2.33. The van der Waals surface area contributed by atoms with Crippen molar-refractivity contribution in [1.82, 2.24) is 5.48 Å². The summed E-state index contributed by atoms with van der Waals surface area (Å²) in [6, 6.07) is 0. The molecular formula is C2H6BN3O. The maximum absolute atomic E-state index is 7.94. The summed E-state index contributed by atoms with van der Waals surface area (Å²) in [6.07, 6.45) is 0.688. The van der Waals surface area contributed by atoms with Crippen LogP contribution in [0.3, 0.4) is 0 Å². The average Bonchev–Trinajstić information content (AvgIpc) is 1.68. The van der Waals surface area contributed by atoms with Gasteiger partial charge in [-0.2, -0.15) is 5.48 Å². The highest BCUT2D eigenvalue weighted by Crippen LogP contribution is 1.73. The molecule has 0 saturated heterocycles. The molecule has 0 saturated carbocycles. The first kappa shape index (κ1) is 6.61. The van der Waals surface area contributed by atoms with Crippen molar-refractivity contribution in [2.24, 2.45) is 5.73 Å². The molecule has 0 aromatic carbocycles. The van der Waals surface area contributed by atoms with E-state index in [1.807, 2.05) is 0 Å². The molecule has 0 aromatic rings. The van der Waals surface area contributed by atoms with Crippen LogP contribution in [0.15, 0.2) is 0 Å². The quantitative estimate of drug-likeness (QED) is 0.145. The Morgan fingerprint density at radius 3 is 2.43 bits per heavy atom. The third-order valence-corrected chi connectivity index (χ3v) is 0.432. The molecule has 1 unspecified atom stereocenters. The number of hydrogen-bond donors (Lipinski definition) is 4. The number of hydroxylamine groups is 1. The smallest absolute Gasteiger partial charge is 0.128 e. The van der Waals surface area contributed by atoms with Crippen molar-refractivity contribution >= 4 is 14.1 Å². The Morgan fingerprint density at radius 2 is 2.43 bits per heavy atom. The highest BCUT2D eigenvalue weighted by Gasteiger charge is 2.09. The molecular weight excluding hydrogens is 92.9 g/mol. The molecule has 0 heterocycles. The first-order valence-corrected chi connectivity index (χ1v) is 1.63. The van der Waals surface area contributed by atoms with Crippen LogP contribution in [0.25, 0.3) is 0 Å². The highest BCUT2D eigenvalue weighted by atomic mass is 16.5. The van der Waals surface area contributed by atoms with E-state index < -0.39 is 5.56 Å². The van der Waals surface area contributed by atoms with Gasteiger partial charge in [0.05, 0.1) is 5.56 Å². The molecule has 0 aliphatic rings. The molecule has 0 bridgehead atoms. The van der Waals surface area contributed by atoms with Crippen molar-refractivity contribution in [3.05, 3.63) is 0 Å². The van der Waals surface area contributed by atoms with E-state index in [0.29, 0.717) is 6.21 Å². The molecule has 38 valence electrons. The second kappa shape index (κ2) is 2.06. The van der Waals surface area contributed by atoms with Crippen LogP contribution in [-0.4, -0.2) is 24.8 Å². The van der Waals surface area contributed by atoms with E-state index in [1.165, 1.54) is 5.48 Å². The Bertz CT molecular complexity index is 73.3. The predicted octanol–water partition coefficient (Wildman–Crippen LogP) is -1.60. The van der Waals surface area contributed by atoms with Crippen LogP contribution in [0.2, 0.25) is 0 Å². The van der Waals surface area contributed by atoms with E-state index in [0.717, 1.165) is 0 Å². The van der Waals surface area contributed by atoms with Crippen molar-refractivity contribution in [3.63, 3.8) is 0 Å². The van der Waals surface area contributed by atoms with Crippen LogP contribution < -0.4 is 11.2 Å². The monoisotopic (exact) mass is 99.1 g/mol. The lowest BCUT2D eigenvalue weighted by Gasteiger charge is -2.14. The van der Waals surface area contributed by atoms with Gasteiger partial charge in [-0.15, -0.1) is 0 Å². The normalized spacial score (nSPS) is 18.0. The maximum atomic E-state index is 7.94. The van der Waals surface area contributed by atoms with Gasteiger partial charge < -0.3 is 16.4 Å². The summed E-state index contributed by atoms with van der Waals surface area (Å²) in [7, 11) is 4.89. The van der Waals surface area contributed by atoms with E-state index in [4.69, 9.17) is 24.2 Å². The minimum Gasteiger partial charge on any atom is -0.315 e. The molecule has 5 N–H and O–H groups in total. The lowest BCUT2D eigenvalue weighted by molar-refractivity contribution is 0.138. The third-order valence-electron chi connectivity index (χ3n) is 0.432. The van der Waals surface area contributed by atoms with Crippen molar-refractivity contribution in [3.8, 4) is 0 Å². The Balaban J connectivity index is 3.58. The van der Waals surface area contributed by atoms with Crippen molar-refractivity contribution in [1.29, 1.82) is 5.41 Å². The summed E-state index contributed by atoms with van der Waals surface area (Å²) in [4.78, 5) is 0. The molecule has 0 spiro atoms. The zero-order valence-electron chi connectivity index (χ0n) is 3.68. The SMILES string of the molecule is [B]C(N)(C=N)NO. The van der Waals surface area contributed by atoms with Crippen LogP contribution in [-0.2, 0) is 0 Å². The first-order chi connectivity index (χ1) is 3.12. The summed E-state index contributed by atoms with van der Waals surface area (Å²) >= 11 is 0. The van der Waals surface area contributed by atoms with Gasteiger partial charge in [0.2, 0.25) is 0 Å². The molecule has 0 aliphatic carbocycles. The molecule has 1 atom stereocenters. The second-order valence-corrected chi connectivity index (χ2v) is 1.19. The molecule has 0 aromatic heterocycles. The van der Waals surface area contributed by atoms with Gasteiger partial charge in [0.25, 0.3) is 0 Å². The fourth-order valence-corrected chi connectivity index (χ4v) is 0.0323. The second-order valence-electron chi connectivity index (χ2n) is 1.19. The van der Waals surface area contributed by atoms with Gasteiger partial charge in [-0.05, 0) is 0 Å². The molecule has 2 radical (unpaired) electrons. The first-order valence-electron chi connectivity index (χ1n) is 1.63. The van der Waals surface area contributed by atoms with Crippen LogP contribution in [0.4, 0.5) is 0 Å². The fraction of sp³-hybridized carbons (Fsp3) is 0.500. The van der Waals surface area contributed by atoms with Gasteiger partial charge in [-0.1, -0.05) is 0 Å². The van der Waals surface area contributed by atoms with Crippen LogP contribution >= 0.6 is 0 Å². The van der Waals surface area contributed by atoms with E-state index >= 15 is 0 Å². The zero-order chi connectivity index (χ0) is 5.91. The molecule has 5 heteroatoms. The summed E-state index contributed by atoms with van der Waals surface area (Å²) in [5.74, 6) is 0. The zero-order valence-corrected chi connectivity index (χ0v) is 3.68. The maximum Gasteiger partial charge on any atom is 0.128 e. The van der Waals surface area contributed by atoms with Gasteiger partial charge in [-0.3, -0.25) is 0 Å². The average molecular weight is 98.9 g/mol. The fourth-order valence-electron chi connectivity index (χ4n) is 0.0323. The standard InChI is InChI=1S/C2H6BN3O/c3-2(5,1-4)6-7/h1,4,6-7H,5H2. The van der Waals surface area contributed by atoms with Crippen LogP contribution in [0.5, 0.6) is 0 Å². The largest absolute Gasteiger partial charge is 0.315 e. The number of nitrogens with one attached hydrogen (secondary N) is 2. The molecule has 0 amide bonds.